The number of aromatic nitrogens is 1. The van der Waals surface area contributed by atoms with Gasteiger partial charge in [-0.2, -0.15) is 0 Å². The van der Waals surface area contributed by atoms with Crippen molar-refractivity contribution in [1.82, 2.24) is 4.98 Å². The largest absolute Gasteiger partial charge is 0.371 e. The van der Waals surface area contributed by atoms with Gasteiger partial charge in [0, 0.05) is 31.5 Å². The van der Waals surface area contributed by atoms with E-state index in [1.807, 2.05) is 18.2 Å². The zero-order valence-corrected chi connectivity index (χ0v) is 13.1. The first-order valence-electron chi connectivity index (χ1n) is 8.00. The number of carbonyl (C=O) groups is 1. The Bertz CT molecular complexity index is 642. The Morgan fingerprint density at radius 3 is 2.78 bits per heavy atom. The molecule has 0 radical (unpaired) electrons. The summed E-state index contributed by atoms with van der Waals surface area (Å²) in [5, 5.41) is 3.30. The molecule has 120 valence electrons. The number of carbonyl (C=O) groups excluding carboxylic acids is 1. The predicted octanol–water partition coefficient (Wildman–Crippen LogP) is 2.40. The van der Waals surface area contributed by atoms with Crippen molar-refractivity contribution in [1.29, 1.82) is 0 Å². The first kappa shape index (κ1) is 15.3. The molecule has 0 saturated carbocycles. The SMILES string of the molecule is NC(=O)C1CCCN(c2ccc(CNc3ccccn3)cc2)C1. The zero-order chi connectivity index (χ0) is 16.1. The molecule has 2 heterocycles. The minimum Gasteiger partial charge on any atom is -0.371 e. The molecule has 5 nitrogen and oxygen atoms in total. The maximum absolute atomic E-state index is 11.4. The Hall–Kier alpha value is -2.56. The van der Waals surface area contributed by atoms with Crippen LogP contribution in [0.1, 0.15) is 18.4 Å². The second-order valence-corrected chi connectivity index (χ2v) is 5.92. The van der Waals surface area contributed by atoms with Gasteiger partial charge in [-0.1, -0.05) is 18.2 Å². The number of hydrogen-bond acceptors (Lipinski definition) is 4. The van der Waals surface area contributed by atoms with Crippen LogP contribution < -0.4 is 16.0 Å². The molecule has 3 rings (SSSR count). The lowest BCUT2D eigenvalue weighted by Crippen LogP contribution is -2.41. The molecule has 2 aromatic rings. The van der Waals surface area contributed by atoms with Gasteiger partial charge in [-0.25, -0.2) is 4.98 Å². The van der Waals surface area contributed by atoms with Crippen molar-refractivity contribution < 1.29 is 4.79 Å². The van der Waals surface area contributed by atoms with Gasteiger partial charge >= 0.3 is 0 Å². The van der Waals surface area contributed by atoms with Crippen LogP contribution in [0, 0.1) is 5.92 Å². The normalized spacial score (nSPS) is 17.7. The highest BCUT2D eigenvalue weighted by molar-refractivity contribution is 5.77. The second kappa shape index (κ2) is 7.13. The minimum atomic E-state index is -0.189. The summed E-state index contributed by atoms with van der Waals surface area (Å²) in [5.74, 6) is 0.650. The molecule has 1 aliphatic heterocycles. The maximum atomic E-state index is 11.4. The summed E-state index contributed by atoms with van der Waals surface area (Å²) in [6.45, 7) is 2.44. The van der Waals surface area contributed by atoms with E-state index < -0.39 is 0 Å². The van der Waals surface area contributed by atoms with E-state index in [0.717, 1.165) is 44.0 Å². The van der Waals surface area contributed by atoms with Crippen LogP contribution in [0.25, 0.3) is 0 Å². The van der Waals surface area contributed by atoms with Gasteiger partial charge in [0.1, 0.15) is 5.82 Å². The molecular weight excluding hydrogens is 288 g/mol. The van der Waals surface area contributed by atoms with Crippen LogP contribution in [0.4, 0.5) is 11.5 Å². The molecular formula is C18H22N4O. The Morgan fingerprint density at radius 2 is 2.09 bits per heavy atom. The molecule has 0 bridgehead atoms. The first-order valence-corrected chi connectivity index (χ1v) is 8.00. The van der Waals surface area contributed by atoms with E-state index >= 15 is 0 Å². The lowest BCUT2D eigenvalue weighted by molar-refractivity contribution is -0.122. The fourth-order valence-corrected chi connectivity index (χ4v) is 2.93. The molecule has 0 spiro atoms. The Balaban J connectivity index is 1.59. The van der Waals surface area contributed by atoms with Gasteiger partial charge < -0.3 is 16.0 Å². The van der Waals surface area contributed by atoms with Gasteiger partial charge in [-0.05, 0) is 42.7 Å². The summed E-state index contributed by atoms with van der Waals surface area (Å²) in [4.78, 5) is 17.9. The van der Waals surface area contributed by atoms with Crippen LogP contribution in [0.15, 0.2) is 48.7 Å². The minimum absolute atomic E-state index is 0.0331. The Labute approximate surface area is 136 Å². The van der Waals surface area contributed by atoms with Gasteiger partial charge in [-0.3, -0.25) is 4.79 Å². The monoisotopic (exact) mass is 310 g/mol. The molecule has 5 heteroatoms. The highest BCUT2D eigenvalue weighted by Gasteiger charge is 2.23. The van der Waals surface area contributed by atoms with E-state index in [1.165, 1.54) is 5.56 Å². The van der Waals surface area contributed by atoms with Crippen molar-refractivity contribution in [2.45, 2.75) is 19.4 Å². The van der Waals surface area contributed by atoms with Gasteiger partial charge in [0.15, 0.2) is 0 Å². The molecule has 23 heavy (non-hydrogen) atoms. The summed E-state index contributed by atoms with van der Waals surface area (Å²) in [6.07, 6.45) is 3.69. The third-order valence-electron chi connectivity index (χ3n) is 4.26. The molecule has 1 aromatic carbocycles. The number of piperidine rings is 1. The van der Waals surface area contributed by atoms with Crippen LogP contribution in [-0.2, 0) is 11.3 Å². The zero-order valence-electron chi connectivity index (χ0n) is 13.1. The van der Waals surface area contributed by atoms with Gasteiger partial charge in [0.05, 0.1) is 5.92 Å². The standard InChI is InChI=1S/C18H22N4O/c19-18(23)15-4-3-11-22(13-15)16-8-6-14(7-9-16)12-21-17-5-1-2-10-20-17/h1-2,5-10,15H,3-4,11-13H2,(H2,19,23)(H,20,21). The maximum Gasteiger partial charge on any atom is 0.222 e. The summed E-state index contributed by atoms with van der Waals surface area (Å²) in [7, 11) is 0. The molecule has 1 atom stereocenters. The number of nitrogens with zero attached hydrogens (tertiary/aromatic N) is 2. The molecule has 1 amide bonds. The van der Waals surface area contributed by atoms with Crippen molar-refractivity contribution in [3.63, 3.8) is 0 Å². The molecule has 1 aliphatic rings. The van der Waals surface area contributed by atoms with Crippen molar-refractivity contribution >= 4 is 17.4 Å². The number of hydrogen-bond donors (Lipinski definition) is 2. The number of nitrogens with two attached hydrogens (primary N) is 1. The quantitative estimate of drug-likeness (QED) is 0.889. The fraction of sp³-hybridized carbons (Fsp3) is 0.333. The Kier molecular flexibility index (Phi) is 4.76. The summed E-state index contributed by atoms with van der Waals surface area (Å²) in [6, 6.07) is 14.3. The summed E-state index contributed by atoms with van der Waals surface area (Å²) < 4.78 is 0. The average molecular weight is 310 g/mol. The lowest BCUT2D eigenvalue weighted by Gasteiger charge is -2.33. The number of rotatable bonds is 5. The van der Waals surface area contributed by atoms with Crippen LogP contribution in [-0.4, -0.2) is 24.0 Å². The topological polar surface area (TPSA) is 71.2 Å². The highest BCUT2D eigenvalue weighted by atomic mass is 16.1. The van der Waals surface area contributed by atoms with Gasteiger partial charge in [0.2, 0.25) is 5.91 Å². The van der Waals surface area contributed by atoms with Crippen molar-refractivity contribution in [2.24, 2.45) is 11.7 Å². The number of pyridine rings is 1. The van der Waals surface area contributed by atoms with Gasteiger partial charge in [0.25, 0.3) is 0 Å². The average Bonchev–Trinajstić information content (AvgIpc) is 2.61. The second-order valence-electron chi connectivity index (χ2n) is 5.92. The van der Waals surface area contributed by atoms with Crippen LogP contribution in [0.2, 0.25) is 0 Å². The van der Waals surface area contributed by atoms with E-state index in [2.05, 4.69) is 39.5 Å². The number of anilines is 2. The highest BCUT2D eigenvalue weighted by Crippen LogP contribution is 2.23. The fourth-order valence-electron chi connectivity index (χ4n) is 2.93. The lowest BCUT2D eigenvalue weighted by atomic mass is 9.97. The van der Waals surface area contributed by atoms with Crippen LogP contribution >= 0.6 is 0 Å². The van der Waals surface area contributed by atoms with Gasteiger partial charge in [-0.15, -0.1) is 0 Å². The first-order chi connectivity index (χ1) is 11.2. The number of primary amides is 1. The van der Waals surface area contributed by atoms with E-state index in [9.17, 15) is 4.79 Å². The predicted molar refractivity (Wildman–Crippen MR) is 92.1 cm³/mol. The third kappa shape index (κ3) is 4.00. The van der Waals surface area contributed by atoms with E-state index in [4.69, 9.17) is 5.73 Å². The van der Waals surface area contributed by atoms with Crippen LogP contribution in [0.5, 0.6) is 0 Å². The summed E-state index contributed by atoms with van der Waals surface area (Å²) >= 11 is 0. The molecule has 1 unspecified atom stereocenters. The molecule has 1 saturated heterocycles. The number of nitrogens with one attached hydrogen (secondary N) is 1. The smallest absolute Gasteiger partial charge is 0.222 e. The summed E-state index contributed by atoms with van der Waals surface area (Å²) in [5.41, 5.74) is 7.79. The molecule has 1 aromatic heterocycles. The van der Waals surface area contributed by atoms with Crippen LogP contribution in [0.3, 0.4) is 0 Å². The molecule has 3 N–H and O–H groups in total. The Morgan fingerprint density at radius 1 is 1.26 bits per heavy atom. The van der Waals surface area contributed by atoms with Crippen molar-refractivity contribution in [3.8, 4) is 0 Å². The number of amides is 1. The molecule has 1 fully saturated rings. The van der Waals surface area contributed by atoms with E-state index in [0.29, 0.717) is 0 Å². The van der Waals surface area contributed by atoms with Crippen molar-refractivity contribution in [2.75, 3.05) is 23.3 Å². The van der Waals surface area contributed by atoms with E-state index in [1.54, 1.807) is 6.20 Å². The van der Waals surface area contributed by atoms with Crippen molar-refractivity contribution in [3.05, 3.63) is 54.2 Å². The number of benzene rings is 1. The third-order valence-corrected chi connectivity index (χ3v) is 4.26. The van der Waals surface area contributed by atoms with E-state index in [-0.39, 0.29) is 11.8 Å². The molecule has 0 aliphatic carbocycles.